The summed E-state index contributed by atoms with van der Waals surface area (Å²) >= 11 is 5.73. The second-order valence-electron chi connectivity index (χ2n) is 6.58. The molecule has 25 heavy (non-hydrogen) atoms. The summed E-state index contributed by atoms with van der Waals surface area (Å²) in [6.07, 6.45) is 5.96. The highest BCUT2D eigenvalue weighted by Gasteiger charge is 2.29. The maximum Gasteiger partial charge on any atom is 0.199 e. The summed E-state index contributed by atoms with van der Waals surface area (Å²) in [5.41, 5.74) is 2.35. The Bertz CT molecular complexity index is 897. The van der Waals surface area contributed by atoms with Crippen molar-refractivity contribution in [1.29, 1.82) is 0 Å². The Kier molecular flexibility index (Phi) is 4.46. The Labute approximate surface area is 152 Å². The summed E-state index contributed by atoms with van der Waals surface area (Å²) in [6.45, 7) is 1.54. The van der Waals surface area contributed by atoms with E-state index >= 15 is 0 Å². The summed E-state index contributed by atoms with van der Waals surface area (Å²) in [5, 5.41) is 4.83. The highest BCUT2D eigenvalue weighted by molar-refractivity contribution is 7.71. The van der Waals surface area contributed by atoms with Gasteiger partial charge in [0, 0.05) is 30.5 Å². The second-order valence-corrected chi connectivity index (χ2v) is 6.95. The molecule has 128 valence electrons. The topological polar surface area (TPSA) is 38.9 Å². The number of rotatable bonds is 6. The van der Waals surface area contributed by atoms with Gasteiger partial charge in [-0.25, -0.2) is 4.68 Å². The zero-order valence-corrected chi connectivity index (χ0v) is 15.1. The minimum Gasteiger partial charge on any atom is -0.297 e. The first kappa shape index (κ1) is 16.2. The van der Waals surface area contributed by atoms with E-state index in [1.54, 1.807) is 12.4 Å². The first-order valence-electron chi connectivity index (χ1n) is 8.54. The van der Waals surface area contributed by atoms with Crippen molar-refractivity contribution in [2.45, 2.75) is 32.1 Å². The largest absolute Gasteiger partial charge is 0.297 e. The third kappa shape index (κ3) is 3.55. The summed E-state index contributed by atoms with van der Waals surface area (Å²) in [7, 11) is 2.09. The van der Waals surface area contributed by atoms with Crippen LogP contribution in [0, 0.1) is 4.77 Å². The number of aromatic nitrogens is 4. The van der Waals surface area contributed by atoms with Gasteiger partial charge in [0.05, 0.1) is 6.67 Å². The average Bonchev–Trinajstić information content (AvgIpc) is 3.42. The molecule has 2 heterocycles. The standard InChI is InChI=1S/C19H21N5S/c1-22(13-15-5-3-2-4-6-15)14-23-19(25)24(17-7-8-17)18(21-23)16-9-11-20-12-10-16/h2-6,9-12,17H,7-8,13-14H2,1H3. The molecular weight excluding hydrogens is 330 g/mol. The molecule has 0 saturated heterocycles. The Hall–Kier alpha value is -2.31. The van der Waals surface area contributed by atoms with Crippen LogP contribution in [0.4, 0.5) is 0 Å². The highest BCUT2D eigenvalue weighted by Crippen LogP contribution is 2.38. The summed E-state index contributed by atoms with van der Waals surface area (Å²) < 4.78 is 4.95. The van der Waals surface area contributed by atoms with Crippen LogP contribution in [0.2, 0.25) is 0 Å². The highest BCUT2D eigenvalue weighted by atomic mass is 32.1. The van der Waals surface area contributed by atoms with Crippen LogP contribution >= 0.6 is 12.2 Å². The maximum atomic E-state index is 5.73. The van der Waals surface area contributed by atoms with Gasteiger partial charge in [0.2, 0.25) is 0 Å². The minimum absolute atomic E-state index is 0.490. The first-order valence-corrected chi connectivity index (χ1v) is 8.95. The monoisotopic (exact) mass is 351 g/mol. The van der Waals surface area contributed by atoms with E-state index < -0.39 is 0 Å². The fraction of sp³-hybridized carbons (Fsp3) is 0.316. The van der Waals surface area contributed by atoms with E-state index in [1.807, 2.05) is 22.9 Å². The van der Waals surface area contributed by atoms with Crippen LogP contribution < -0.4 is 0 Å². The molecule has 3 aromatic rings. The molecule has 0 atom stereocenters. The number of hydrogen-bond donors (Lipinski definition) is 0. The number of hydrogen-bond acceptors (Lipinski definition) is 4. The Morgan fingerprint density at radius 2 is 1.84 bits per heavy atom. The quantitative estimate of drug-likeness (QED) is 0.632. The van der Waals surface area contributed by atoms with Crippen LogP contribution in [0.5, 0.6) is 0 Å². The summed E-state index contributed by atoms with van der Waals surface area (Å²) in [5.74, 6) is 0.947. The smallest absolute Gasteiger partial charge is 0.199 e. The van der Waals surface area contributed by atoms with E-state index in [9.17, 15) is 0 Å². The molecule has 1 aliphatic carbocycles. The molecule has 0 N–H and O–H groups in total. The van der Waals surface area contributed by atoms with Crippen LogP contribution in [0.15, 0.2) is 54.9 Å². The van der Waals surface area contributed by atoms with Gasteiger partial charge in [0.15, 0.2) is 10.6 Å². The average molecular weight is 351 g/mol. The SMILES string of the molecule is CN(Cc1ccccc1)Cn1nc(-c2ccncc2)n(C2CC2)c1=S. The lowest BCUT2D eigenvalue weighted by Gasteiger charge is -2.16. The van der Waals surface area contributed by atoms with Gasteiger partial charge in [-0.2, -0.15) is 5.10 Å². The molecule has 5 nitrogen and oxygen atoms in total. The van der Waals surface area contributed by atoms with Gasteiger partial charge in [-0.05, 0) is 49.8 Å². The predicted octanol–water partition coefficient (Wildman–Crippen LogP) is 3.90. The Balaban J connectivity index is 1.61. The zero-order chi connectivity index (χ0) is 17.2. The molecule has 0 amide bonds. The molecule has 4 rings (SSSR count). The van der Waals surface area contributed by atoms with Crippen molar-refractivity contribution in [1.82, 2.24) is 24.2 Å². The molecule has 0 spiro atoms. The van der Waals surface area contributed by atoms with E-state index in [0.29, 0.717) is 12.7 Å². The van der Waals surface area contributed by atoms with Crippen LogP contribution in [-0.4, -0.2) is 31.3 Å². The minimum atomic E-state index is 0.490. The summed E-state index contributed by atoms with van der Waals surface area (Å²) in [4.78, 5) is 6.34. The number of benzene rings is 1. The van der Waals surface area contributed by atoms with E-state index in [2.05, 4.69) is 45.8 Å². The molecular formula is C19H21N5S. The van der Waals surface area contributed by atoms with E-state index in [0.717, 1.165) is 22.7 Å². The molecule has 2 aromatic heterocycles. The lowest BCUT2D eigenvalue weighted by atomic mass is 10.2. The molecule has 1 saturated carbocycles. The van der Waals surface area contributed by atoms with Crippen LogP contribution in [0.3, 0.4) is 0 Å². The van der Waals surface area contributed by atoms with Gasteiger partial charge in [-0.3, -0.25) is 14.5 Å². The van der Waals surface area contributed by atoms with Gasteiger partial charge >= 0.3 is 0 Å². The van der Waals surface area contributed by atoms with Crippen LogP contribution in [0.1, 0.15) is 24.4 Å². The van der Waals surface area contributed by atoms with Crippen molar-refractivity contribution < 1.29 is 0 Å². The van der Waals surface area contributed by atoms with Crippen molar-refractivity contribution >= 4 is 12.2 Å². The van der Waals surface area contributed by atoms with Gasteiger partial charge in [0.1, 0.15) is 0 Å². The van der Waals surface area contributed by atoms with Gasteiger partial charge in [-0.15, -0.1) is 0 Å². The molecule has 0 radical (unpaired) electrons. The third-order valence-electron chi connectivity index (χ3n) is 4.39. The zero-order valence-electron chi connectivity index (χ0n) is 14.2. The number of nitrogens with zero attached hydrogens (tertiary/aromatic N) is 5. The van der Waals surface area contributed by atoms with Crippen molar-refractivity contribution in [2.24, 2.45) is 0 Å². The maximum absolute atomic E-state index is 5.73. The fourth-order valence-electron chi connectivity index (χ4n) is 3.05. The third-order valence-corrected chi connectivity index (χ3v) is 4.80. The van der Waals surface area contributed by atoms with Gasteiger partial charge in [0.25, 0.3) is 0 Å². The first-order chi connectivity index (χ1) is 12.2. The molecule has 0 unspecified atom stereocenters. The van der Waals surface area contributed by atoms with Crippen molar-refractivity contribution in [3.8, 4) is 11.4 Å². The lowest BCUT2D eigenvalue weighted by molar-refractivity contribution is 0.244. The number of pyridine rings is 1. The Morgan fingerprint density at radius 1 is 1.12 bits per heavy atom. The molecule has 1 aromatic carbocycles. The molecule has 1 fully saturated rings. The molecule has 1 aliphatic rings. The molecule has 6 heteroatoms. The van der Waals surface area contributed by atoms with E-state index in [1.165, 1.54) is 18.4 Å². The second kappa shape index (κ2) is 6.90. The van der Waals surface area contributed by atoms with Gasteiger partial charge in [-0.1, -0.05) is 30.3 Å². The molecule has 0 aliphatic heterocycles. The van der Waals surface area contributed by atoms with E-state index in [-0.39, 0.29) is 0 Å². The van der Waals surface area contributed by atoms with E-state index in [4.69, 9.17) is 17.3 Å². The molecule has 0 bridgehead atoms. The van der Waals surface area contributed by atoms with Crippen LogP contribution in [0.25, 0.3) is 11.4 Å². The summed E-state index contributed by atoms with van der Waals surface area (Å²) in [6, 6.07) is 14.9. The van der Waals surface area contributed by atoms with Crippen molar-refractivity contribution in [2.75, 3.05) is 7.05 Å². The van der Waals surface area contributed by atoms with Crippen LogP contribution in [-0.2, 0) is 13.2 Å². The van der Waals surface area contributed by atoms with Gasteiger partial charge < -0.3 is 0 Å². The fourth-order valence-corrected chi connectivity index (χ4v) is 3.38. The Morgan fingerprint density at radius 3 is 2.52 bits per heavy atom. The van der Waals surface area contributed by atoms with Crippen molar-refractivity contribution in [3.63, 3.8) is 0 Å². The van der Waals surface area contributed by atoms with Crippen molar-refractivity contribution in [3.05, 3.63) is 65.2 Å². The normalized spacial score (nSPS) is 14.2. The lowest BCUT2D eigenvalue weighted by Crippen LogP contribution is -2.22. The predicted molar refractivity (Wildman–Crippen MR) is 100 cm³/mol.